The van der Waals surface area contributed by atoms with E-state index in [9.17, 15) is 9.18 Å². The molecule has 4 nitrogen and oxygen atoms in total. The molecule has 1 amide bonds. The molecular weight excluding hydrogens is 211 g/mol. The first-order valence-electron chi connectivity index (χ1n) is 5.07. The van der Waals surface area contributed by atoms with Gasteiger partial charge in [0.05, 0.1) is 5.56 Å². The molecule has 0 spiro atoms. The number of nitrogens with two attached hydrogens (primary N) is 1. The normalized spacial score (nSPS) is 16.0. The van der Waals surface area contributed by atoms with Crippen molar-refractivity contribution in [2.45, 2.75) is 0 Å². The lowest BCUT2D eigenvalue weighted by Crippen LogP contribution is -2.51. The van der Waals surface area contributed by atoms with Crippen LogP contribution >= 0.6 is 0 Å². The number of anilines is 1. The molecule has 1 aromatic rings. The van der Waals surface area contributed by atoms with Crippen molar-refractivity contribution < 1.29 is 14.3 Å². The highest BCUT2D eigenvalue weighted by Crippen LogP contribution is 2.21. The van der Waals surface area contributed by atoms with Crippen LogP contribution in [0, 0.1) is 11.7 Å². The average molecular weight is 224 g/mol. The van der Waals surface area contributed by atoms with Crippen LogP contribution in [-0.2, 0) is 0 Å². The van der Waals surface area contributed by atoms with Crippen LogP contribution < -0.4 is 5.73 Å². The van der Waals surface area contributed by atoms with E-state index >= 15 is 0 Å². The number of benzene rings is 1. The van der Waals surface area contributed by atoms with Crippen LogP contribution in [-0.4, -0.2) is 35.6 Å². The van der Waals surface area contributed by atoms with E-state index in [-0.39, 0.29) is 24.1 Å². The molecule has 16 heavy (non-hydrogen) atoms. The Balaban J connectivity index is 2.10. The maximum Gasteiger partial charge on any atom is 0.255 e. The van der Waals surface area contributed by atoms with Gasteiger partial charge in [0, 0.05) is 31.3 Å². The Morgan fingerprint density at radius 2 is 2.25 bits per heavy atom. The summed E-state index contributed by atoms with van der Waals surface area (Å²) in [5.74, 6) is -0.501. The molecule has 3 N–H and O–H groups in total. The van der Waals surface area contributed by atoms with Crippen LogP contribution in [0.15, 0.2) is 18.2 Å². The molecule has 0 unspecified atom stereocenters. The summed E-state index contributed by atoms with van der Waals surface area (Å²) in [5.41, 5.74) is 6.04. The van der Waals surface area contributed by atoms with Crippen molar-refractivity contribution in [1.29, 1.82) is 0 Å². The van der Waals surface area contributed by atoms with Crippen molar-refractivity contribution in [2.24, 2.45) is 5.92 Å². The molecule has 0 saturated carbocycles. The zero-order valence-corrected chi connectivity index (χ0v) is 8.69. The molecule has 2 rings (SSSR count). The summed E-state index contributed by atoms with van der Waals surface area (Å²) in [6.45, 7) is 1.15. The van der Waals surface area contributed by atoms with E-state index in [0.29, 0.717) is 18.7 Å². The second-order valence-corrected chi connectivity index (χ2v) is 3.99. The number of carbonyl (C=O) groups excluding carboxylic acids is 1. The van der Waals surface area contributed by atoms with Crippen LogP contribution in [0.25, 0.3) is 0 Å². The molecule has 1 aliphatic heterocycles. The van der Waals surface area contributed by atoms with E-state index in [2.05, 4.69) is 0 Å². The van der Waals surface area contributed by atoms with Gasteiger partial charge in [0.1, 0.15) is 5.82 Å². The van der Waals surface area contributed by atoms with E-state index in [1.165, 1.54) is 12.1 Å². The molecule has 86 valence electrons. The van der Waals surface area contributed by atoms with Crippen molar-refractivity contribution in [2.75, 3.05) is 25.4 Å². The third-order valence-corrected chi connectivity index (χ3v) is 2.75. The van der Waals surface area contributed by atoms with Gasteiger partial charge in [-0.05, 0) is 18.2 Å². The second-order valence-electron chi connectivity index (χ2n) is 3.99. The summed E-state index contributed by atoms with van der Waals surface area (Å²) < 4.78 is 12.8. The predicted octanol–water partition coefficient (Wildman–Crippen LogP) is 0.472. The molecule has 0 aromatic heterocycles. The standard InChI is InChI=1S/C11H13FN2O2/c12-8-1-2-9(10(13)3-8)11(16)14-4-7(5-14)6-15/h1-3,7,15H,4-6,13H2. The lowest BCUT2D eigenvalue weighted by molar-refractivity contribution is 0.0363. The third kappa shape index (κ3) is 1.86. The fourth-order valence-electron chi connectivity index (χ4n) is 1.75. The van der Waals surface area contributed by atoms with Gasteiger partial charge in [-0.15, -0.1) is 0 Å². The molecule has 1 heterocycles. The van der Waals surface area contributed by atoms with Crippen molar-refractivity contribution in [3.63, 3.8) is 0 Å². The van der Waals surface area contributed by atoms with Gasteiger partial charge in [-0.2, -0.15) is 0 Å². The highest BCUT2D eigenvalue weighted by atomic mass is 19.1. The smallest absolute Gasteiger partial charge is 0.255 e. The number of halogens is 1. The number of carbonyl (C=O) groups is 1. The highest BCUT2D eigenvalue weighted by molar-refractivity contribution is 5.99. The lowest BCUT2D eigenvalue weighted by atomic mass is 9.99. The minimum atomic E-state index is -0.453. The number of nitrogen functional groups attached to an aromatic ring is 1. The van der Waals surface area contributed by atoms with Gasteiger partial charge < -0.3 is 15.7 Å². The molecule has 1 saturated heterocycles. The largest absolute Gasteiger partial charge is 0.398 e. The maximum absolute atomic E-state index is 12.8. The molecule has 0 atom stereocenters. The van der Waals surface area contributed by atoms with Crippen molar-refractivity contribution >= 4 is 11.6 Å². The number of hydrogen-bond acceptors (Lipinski definition) is 3. The van der Waals surface area contributed by atoms with Crippen molar-refractivity contribution in [3.05, 3.63) is 29.6 Å². The molecule has 1 aromatic carbocycles. The van der Waals surface area contributed by atoms with E-state index in [1.54, 1.807) is 4.90 Å². The van der Waals surface area contributed by atoms with Gasteiger partial charge in [0.15, 0.2) is 0 Å². The van der Waals surface area contributed by atoms with Gasteiger partial charge in [-0.1, -0.05) is 0 Å². The summed E-state index contributed by atoms with van der Waals surface area (Å²) in [4.78, 5) is 13.5. The summed E-state index contributed by atoms with van der Waals surface area (Å²) >= 11 is 0. The zero-order valence-electron chi connectivity index (χ0n) is 8.69. The number of amides is 1. The molecule has 0 bridgehead atoms. The molecule has 0 radical (unpaired) electrons. The SMILES string of the molecule is Nc1cc(F)ccc1C(=O)N1CC(CO)C1. The van der Waals surface area contributed by atoms with Crippen LogP contribution in [0.2, 0.25) is 0 Å². The highest BCUT2D eigenvalue weighted by Gasteiger charge is 2.31. The van der Waals surface area contributed by atoms with Gasteiger partial charge in [0.25, 0.3) is 5.91 Å². The van der Waals surface area contributed by atoms with Gasteiger partial charge in [-0.25, -0.2) is 4.39 Å². The van der Waals surface area contributed by atoms with Crippen LogP contribution in [0.4, 0.5) is 10.1 Å². The van der Waals surface area contributed by atoms with E-state index < -0.39 is 5.82 Å². The van der Waals surface area contributed by atoms with Crippen LogP contribution in [0.1, 0.15) is 10.4 Å². The first-order valence-corrected chi connectivity index (χ1v) is 5.07. The Morgan fingerprint density at radius 3 is 2.81 bits per heavy atom. The van der Waals surface area contributed by atoms with Crippen molar-refractivity contribution in [1.82, 2.24) is 4.90 Å². The third-order valence-electron chi connectivity index (χ3n) is 2.75. The number of aliphatic hydroxyl groups is 1. The summed E-state index contributed by atoms with van der Waals surface area (Å²) in [6, 6.07) is 3.74. The van der Waals surface area contributed by atoms with E-state index in [1.807, 2.05) is 0 Å². The Morgan fingerprint density at radius 1 is 1.56 bits per heavy atom. The first-order chi connectivity index (χ1) is 7.61. The lowest BCUT2D eigenvalue weighted by Gasteiger charge is -2.38. The number of likely N-dealkylation sites (tertiary alicyclic amines) is 1. The van der Waals surface area contributed by atoms with Gasteiger partial charge in [0.2, 0.25) is 0 Å². The average Bonchev–Trinajstić information content (AvgIpc) is 2.15. The Labute approximate surface area is 92.5 Å². The molecule has 1 aliphatic rings. The Bertz CT molecular complexity index is 416. The Kier molecular flexibility index (Phi) is 2.78. The number of nitrogens with zero attached hydrogens (tertiary/aromatic N) is 1. The van der Waals surface area contributed by atoms with E-state index in [4.69, 9.17) is 10.8 Å². The Hall–Kier alpha value is -1.62. The summed E-state index contributed by atoms with van der Waals surface area (Å²) in [6.07, 6.45) is 0. The molecule has 5 heteroatoms. The number of hydrogen-bond donors (Lipinski definition) is 2. The fourth-order valence-corrected chi connectivity index (χ4v) is 1.75. The second kappa shape index (κ2) is 4.09. The zero-order chi connectivity index (χ0) is 11.7. The monoisotopic (exact) mass is 224 g/mol. The molecule has 1 fully saturated rings. The molecule has 0 aliphatic carbocycles. The predicted molar refractivity (Wildman–Crippen MR) is 57.3 cm³/mol. The number of aliphatic hydroxyl groups excluding tert-OH is 1. The number of rotatable bonds is 2. The first kappa shape index (κ1) is 10.9. The van der Waals surface area contributed by atoms with Gasteiger partial charge in [-0.3, -0.25) is 4.79 Å². The maximum atomic E-state index is 12.8. The minimum Gasteiger partial charge on any atom is -0.398 e. The van der Waals surface area contributed by atoms with Crippen molar-refractivity contribution in [3.8, 4) is 0 Å². The molecular formula is C11H13FN2O2. The fraction of sp³-hybridized carbons (Fsp3) is 0.364. The van der Waals surface area contributed by atoms with E-state index in [0.717, 1.165) is 6.07 Å². The summed E-state index contributed by atoms with van der Waals surface area (Å²) in [7, 11) is 0. The minimum absolute atomic E-state index is 0.0860. The topological polar surface area (TPSA) is 66.6 Å². The van der Waals surface area contributed by atoms with Crippen LogP contribution in [0.3, 0.4) is 0 Å². The summed E-state index contributed by atoms with van der Waals surface area (Å²) in [5, 5.41) is 8.83. The van der Waals surface area contributed by atoms with Gasteiger partial charge >= 0.3 is 0 Å². The van der Waals surface area contributed by atoms with Crippen LogP contribution in [0.5, 0.6) is 0 Å². The quantitative estimate of drug-likeness (QED) is 0.718.